The number of amides is 2. The lowest BCUT2D eigenvalue weighted by molar-refractivity contribution is -0.133. The molecule has 3 rings (SSSR count). The van der Waals surface area contributed by atoms with E-state index >= 15 is 0 Å². The van der Waals surface area contributed by atoms with Gasteiger partial charge in [0.15, 0.2) is 0 Å². The largest absolute Gasteiger partial charge is 0.489 e. The average molecular weight is 436 g/mol. The highest BCUT2D eigenvalue weighted by Gasteiger charge is 2.40. The van der Waals surface area contributed by atoms with Gasteiger partial charge in [-0.1, -0.05) is 50.8 Å². The molecule has 0 bridgehead atoms. The molecule has 0 unspecified atom stereocenters. The lowest BCUT2D eigenvalue weighted by Gasteiger charge is -2.36. The van der Waals surface area contributed by atoms with Crippen molar-refractivity contribution in [3.8, 4) is 5.75 Å². The van der Waals surface area contributed by atoms with Gasteiger partial charge in [-0.15, -0.1) is 0 Å². The summed E-state index contributed by atoms with van der Waals surface area (Å²) in [6.45, 7) is 3.19. The van der Waals surface area contributed by atoms with Gasteiger partial charge in [0.05, 0.1) is 0 Å². The summed E-state index contributed by atoms with van der Waals surface area (Å²) < 4.78 is 5.77. The predicted octanol–water partition coefficient (Wildman–Crippen LogP) is 4.41. The zero-order chi connectivity index (χ0) is 22.7. The third-order valence-corrected chi connectivity index (χ3v) is 5.76. The number of hydrogen-bond donors (Lipinski definition) is 2. The van der Waals surface area contributed by atoms with Crippen molar-refractivity contribution in [1.29, 1.82) is 0 Å². The smallest absolute Gasteiger partial charge is 0.245 e. The number of aromatic nitrogens is 1. The van der Waals surface area contributed by atoms with Crippen LogP contribution in [0.5, 0.6) is 5.75 Å². The predicted molar refractivity (Wildman–Crippen MR) is 126 cm³/mol. The van der Waals surface area contributed by atoms with Crippen molar-refractivity contribution >= 4 is 17.9 Å². The Morgan fingerprint density at radius 2 is 1.91 bits per heavy atom. The van der Waals surface area contributed by atoms with Gasteiger partial charge in [-0.25, -0.2) is 0 Å². The molecular formula is C26H33N3O3. The van der Waals surface area contributed by atoms with Gasteiger partial charge in [0.1, 0.15) is 17.9 Å². The Labute approximate surface area is 190 Å². The molecule has 0 radical (unpaired) electrons. The van der Waals surface area contributed by atoms with Gasteiger partial charge in [-0.05, 0) is 49.1 Å². The lowest BCUT2D eigenvalue weighted by atomic mass is 9.80. The second-order valence-electron chi connectivity index (χ2n) is 8.29. The molecule has 1 fully saturated rings. The first-order valence-electron chi connectivity index (χ1n) is 11.5. The molecule has 170 valence electrons. The molecule has 0 aliphatic heterocycles. The summed E-state index contributed by atoms with van der Waals surface area (Å²) in [6, 6.07) is 11.4. The standard InChI is InChI=1S/C26H33N3O3/c1-2-3-18-28-25(31)26(15-5-4-6-16-26)29-24(30)14-11-21-9-12-23(13-10-21)32-20-22-8-7-17-27-19-22/h7-14,17,19H,2-6,15-16,18,20H2,1H3,(H,28,31)(H,29,30)/b14-11+. The van der Waals surface area contributed by atoms with Crippen molar-refractivity contribution in [3.63, 3.8) is 0 Å². The summed E-state index contributed by atoms with van der Waals surface area (Å²) in [5.74, 6) is 0.456. The minimum Gasteiger partial charge on any atom is -0.489 e. The highest BCUT2D eigenvalue weighted by Crippen LogP contribution is 2.28. The first-order valence-corrected chi connectivity index (χ1v) is 11.5. The van der Waals surface area contributed by atoms with Gasteiger partial charge in [0.2, 0.25) is 11.8 Å². The number of hydrogen-bond acceptors (Lipinski definition) is 4. The van der Waals surface area contributed by atoms with Gasteiger partial charge < -0.3 is 15.4 Å². The molecule has 0 atom stereocenters. The molecule has 6 nitrogen and oxygen atoms in total. The molecule has 2 aromatic rings. The van der Waals surface area contributed by atoms with Crippen LogP contribution in [0.1, 0.15) is 63.0 Å². The fourth-order valence-corrected chi connectivity index (χ4v) is 3.89. The van der Waals surface area contributed by atoms with Crippen molar-refractivity contribution in [3.05, 3.63) is 66.0 Å². The Bertz CT molecular complexity index is 888. The zero-order valence-corrected chi connectivity index (χ0v) is 18.8. The van der Waals surface area contributed by atoms with Gasteiger partial charge >= 0.3 is 0 Å². The summed E-state index contributed by atoms with van der Waals surface area (Å²) in [5, 5.41) is 6.02. The van der Waals surface area contributed by atoms with Gasteiger partial charge in [-0.3, -0.25) is 14.6 Å². The van der Waals surface area contributed by atoms with E-state index in [2.05, 4.69) is 22.5 Å². The maximum absolute atomic E-state index is 12.8. The van der Waals surface area contributed by atoms with Crippen LogP contribution in [-0.4, -0.2) is 28.9 Å². The number of carbonyl (C=O) groups is 2. The molecule has 0 saturated heterocycles. The van der Waals surface area contributed by atoms with E-state index in [1.165, 1.54) is 6.08 Å². The zero-order valence-electron chi connectivity index (χ0n) is 18.8. The quantitative estimate of drug-likeness (QED) is 0.428. The van der Waals surface area contributed by atoms with Crippen molar-refractivity contribution in [2.75, 3.05) is 6.54 Å². The molecule has 1 aromatic carbocycles. The number of nitrogens with one attached hydrogen (secondary N) is 2. The van der Waals surface area contributed by atoms with Crippen LogP contribution in [0.4, 0.5) is 0 Å². The Kier molecular flexibility index (Phi) is 8.84. The van der Waals surface area contributed by atoms with Crippen molar-refractivity contribution in [2.24, 2.45) is 0 Å². The molecule has 0 spiro atoms. The number of benzene rings is 1. The number of rotatable bonds is 10. The highest BCUT2D eigenvalue weighted by atomic mass is 16.5. The molecule has 2 amide bonds. The lowest BCUT2D eigenvalue weighted by Crippen LogP contribution is -2.59. The number of ether oxygens (including phenoxy) is 1. The average Bonchev–Trinajstić information content (AvgIpc) is 2.83. The summed E-state index contributed by atoms with van der Waals surface area (Å²) in [7, 11) is 0. The normalized spacial score (nSPS) is 15.3. The van der Waals surface area contributed by atoms with E-state index in [4.69, 9.17) is 4.74 Å². The van der Waals surface area contributed by atoms with Crippen molar-refractivity contribution in [1.82, 2.24) is 15.6 Å². The molecule has 6 heteroatoms. The molecule has 1 aromatic heterocycles. The van der Waals surface area contributed by atoms with Crippen LogP contribution < -0.4 is 15.4 Å². The Hall–Kier alpha value is -3.15. The van der Waals surface area contributed by atoms with Crippen LogP contribution in [0.15, 0.2) is 54.9 Å². The van der Waals surface area contributed by atoms with Gasteiger partial charge in [0, 0.05) is 30.6 Å². The summed E-state index contributed by atoms with van der Waals surface area (Å²) in [4.78, 5) is 29.6. The van der Waals surface area contributed by atoms with Crippen LogP contribution in [0.25, 0.3) is 6.08 Å². The second kappa shape index (κ2) is 12.0. The first-order chi connectivity index (χ1) is 15.6. The third kappa shape index (κ3) is 6.94. The van der Waals surface area contributed by atoms with Crippen LogP contribution in [0.3, 0.4) is 0 Å². The summed E-state index contributed by atoms with van der Waals surface area (Å²) in [5.41, 5.74) is 1.10. The van der Waals surface area contributed by atoms with Crippen LogP contribution in [-0.2, 0) is 16.2 Å². The molecule has 1 heterocycles. The minimum atomic E-state index is -0.794. The summed E-state index contributed by atoms with van der Waals surface area (Å²) in [6.07, 6.45) is 13.1. The Morgan fingerprint density at radius 3 is 2.59 bits per heavy atom. The van der Waals surface area contributed by atoms with Crippen LogP contribution >= 0.6 is 0 Å². The fraction of sp³-hybridized carbons (Fsp3) is 0.423. The van der Waals surface area contributed by atoms with E-state index in [-0.39, 0.29) is 11.8 Å². The Morgan fingerprint density at radius 1 is 1.12 bits per heavy atom. The van der Waals surface area contributed by atoms with E-state index in [1.807, 2.05) is 36.4 Å². The number of nitrogens with zero attached hydrogens (tertiary/aromatic N) is 1. The van der Waals surface area contributed by atoms with E-state index in [1.54, 1.807) is 18.5 Å². The van der Waals surface area contributed by atoms with Gasteiger partial charge in [-0.2, -0.15) is 0 Å². The monoisotopic (exact) mass is 435 g/mol. The van der Waals surface area contributed by atoms with E-state index in [0.29, 0.717) is 26.0 Å². The van der Waals surface area contributed by atoms with E-state index < -0.39 is 5.54 Å². The van der Waals surface area contributed by atoms with Gasteiger partial charge in [0.25, 0.3) is 0 Å². The number of unbranched alkanes of at least 4 members (excludes halogenated alkanes) is 1. The van der Waals surface area contributed by atoms with E-state index in [0.717, 1.165) is 49.0 Å². The highest BCUT2D eigenvalue weighted by molar-refractivity contribution is 5.97. The molecule has 1 aliphatic rings. The first kappa shape index (κ1) is 23.5. The SMILES string of the molecule is CCCCNC(=O)C1(NC(=O)/C=C/c2ccc(OCc3cccnc3)cc2)CCCCC1. The van der Waals surface area contributed by atoms with Crippen molar-refractivity contribution < 1.29 is 14.3 Å². The Balaban J connectivity index is 1.55. The summed E-state index contributed by atoms with van der Waals surface area (Å²) >= 11 is 0. The van der Waals surface area contributed by atoms with Crippen LogP contribution in [0.2, 0.25) is 0 Å². The topological polar surface area (TPSA) is 80.3 Å². The minimum absolute atomic E-state index is 0.0532. The maximum Gasteiger partial charge on any atom is 0.245 e. The van der Waals surface area contributed by atoms with E-state index in [9.17, 15) is 9.59 Å². The molecule has 1 aliphatic carbocycles. The number of carbonyl (C=O) groups excluding carboxylic acids is 2. The second-order valence-corrected chi connectivity index (χ2v) is 8.29. The van der Waals surface area contributed by atoms with Crippen LogP contribution in [0, 0.1) is 0 Å². The maximum atomic E-state index is 12.8. The molecule has 2 N–H and O–H groups in total. The molecule has 1 saturated carbocycles. The molecular weight excluding hydrogens is 402 g/mol. The number of pyridine rings is 1. The fourth-order valence-electron chi connectivity index (χ4n) is 3.89. The third-order valence-electron chi connectivity index (χ3n) is 5.76. The molecule has 32 heavy (non-hydrogen) atoms. The van der Waals surface area contributed by atoms with Crippen molar-refractivity contribution in [2.45, 2.75) is 64.0 Å².